The molecule has 1 atom stereocenters. The summed E-state index contributed by atoms with van der Waals surface area (Å²) < 4.78 is 5.30. The maximum absolute atomic E-state index is 12.1. The molecule has 1 unspecified atom stereocenters. The molecule has 8 nitrogen and oxygen atoms in total. The van der Waals surface area contributed by atoms with Gasteiger partial charge in [-0.15, -0.1) is 0 Å². The predicted molar refractivity (Wildman–Crippen MR) is 113 cm³/mol. The highest BCUT2D eigenvalue weighted by Crippen LogP contribution is 2.14. The number of amides is 3. The zero-order valence-electron chi connectivity index (χ0n) is 18.5. The Morgan fingerprint density at radius 3 is 2.17 bits per heavy atom. The standard InChI is InChI=1S/C21H34N4O4/c1-14(2)18(22-6)19(27)23-12-17(26)24-16-10-8-15(9-11-16)13-29-20(28)25(7)21(3,4)5/h8-11,14,18,22H,12-13H2,1-7H3,(H,23,27)(H,24,26). The Labute approximate surface area is 173 Å². The highest BCUT2D eigenvalue weighted by Gasteiger charge is 2.23. The Balaban J connectivity index is 2.49. The minimum atomic E-state index is -0.396. The summed E-state index contributed by atoms with van der Waals surface area (Å²) in [6.07, 6.45) is -0.396. The fraction of sp³-hybridized carbons (Fsp3) is 0.571. The Morgan fingerprint density at radius 1 is 1.10 bits per heavy atom. The Hall–Kier alpha value is -2.61. The van der Waals surface area contributed by atoms with Gasteiger partial charge in [-0.3, -0.25) is 9.59 Å². The van der Waals surface area contributed by atoms with E-state index in [2.05, 4.69) is 16.0 Å². The molecule has 0 aliphatic heterocycles. The van der Waals surface area contributed by atoms with Gasteiger partial charge in [-0.25, -0.2) is 4.79 Å². The molecule has 162 valence electrons. The second-order valence-corrected chi connectivity index (χ2v) is 8.26. The lowest BCUT2D eigenvalue weighted by Crippen LogP contribution is -2.47. The Morgan fingerprint density at radius 2 is 1.69 bits per heavy atom. The van der Waals surface area contributed by atoms with Gasteiger partial charge in [0.25, 0.3) is 0 Å². The van der Waals surface area contributed by atoms with Gasteiger partial charge in [0.2, 0.25) is 11.8 Å². The van der Waals surface area contributed by atoms with E-state index in [-0.39, 0.29) is 42.5 Å². The molecule has 0 aliphatic rings. The smallest absolute Gasteiger partial charge is 0.410 e. The normalized spacial score (nSPS) is 12.3. The van der Waals surface area contributed by atoms with Gasteiger partial charge in [0.05, 0.1) is 12.6 Å². The van der Waals surface area contributed by atoms with Crippen LogP contribution in [-0.4, -0.2) is 55.0 Å². The van der Waals surface area contributed by atoms with Crippen LogP contribution in [0.3, 0.4) is 0 Å². The average Bonchev–Trinajstić information content (AvgIpc) is 2.64. The van der Waals surface area contributed by atoms with Crippen molar-refractivity contribution < 1.29 is 19.1 Å². The SMILES string of the molecule is CNC(C(=O)NCC(=O)Nc1ccc(COC(=O)N(C)C(C)(C)C)cc1)C(C)C. The van der Waals surface area contributed by atoms with Crippen molar-refractivity contribution in [1.82, 2.24) is 15.5 Å². The van der Waals surface area contributed by atoms with Gasteiger partial charge in [-0.2, -0.15) is 0 Å². The van der Waals surface area contributed by atoms with Crippen LogP contribution in [0.25, 0.3) is 0 Å². The first-order valence-corrected chi connectivity index (χ1v) is 9.70. The van der Waals surface area contributed by atoms with Crippen LogP contribution >= 0.6 is 0 Å². The molecule has 29 heavy (non-hydrogen) atoms. The first-order chi connectivity index (χ1) is 13.5. The van der Waals surface area contributed by atoms with E-state index in [9.17, 15) is 14.4 Å². The lowest BCUT2D eigenvalue weighted by Gasteiger charge is -2.30. The molecule has 0 radical (unpaired) electrons. The molecule has 3 amide bonds. The zero-order chi connectivity index (χ0) is 22.2. The number of benzene rings is 1. The first kappa shape index (κ1) is 24.4. The number of hydrogen-bond donors (Lipinski definition) is 3. The van der Waals surface area contributed by atoms with Gasteiger partial charge in [0.1, 0.15) is 6.61 Å². The van der Waals surface area contributed by atoms with E-state index in [0.717, 1.165) is 5.56 Å². The molecule has 0 spiro atoms. The summed E-state index contributed by atoms with van der Waals surface area (Å²) in [5.74, 6) is -0.411. The molecule has 0 saturated heterocycles. The Bertz CT molecular complexity index is 696. The number of carbonyl (C=O) groups is 3. The molecule has 1 aromatic carbocycles. The van der Waals surface area contributed by atoms with Crippen molar-refractivity contribution in [2.75, 3.05) is 26.0 Å². The van der Waals surface area contributed by atoms with Crippen LogP contribution in [0.2, 0.25) is 0 Å². The predicted octanol–water partition coefficient (Wildman–Crippen LogP) is 2.35. The molecule has 0 fully saturated rings. The molecule has 0 aromatic heterocycles. The fourth-order valence-corrected chi connectivity index (χ4v) is 2.45. The molecular weight excluding hydrogens is 372 g/mol. The molecule has 0 saturated carbocycles. The summed E-state index contributed by atoms with van der Waals surface area (Å²) in [7, 11) is 3.41. The van der Waals surface area contributed by atoms with Crippen molar-refractivity contribution in [2.24, 2.45) is 5.92 Å². The molecule has 1 aromatic rings. The van der Waals surface area contributed by atoms with E-state index >= 15 is 0 Å². The van der Waals surface area contributed by atoms with Crippen molar-refractivity contribution >= 4 is 23.6 Å². The minimum absolute atomic E-state index is 0.109. The molecule has 0 bridgehead atoms. The third-order valence-corrected chi connectivity index (χ3v) is 4.56. The van der Waals surface area contributed by atoms with Crippen LogP contribution in [0.4, 0.5) is 10.5 Å². The van der Waals surface area contributed by atoms with Gasteiger partial charge in [-0.05, 0) is 51.4 Å². The molecule has 3 N–H and O–H groups in total. The van der Waals surface area contributed by atoms with Crippen molar-refractivity contribution in [1.29, 1.82) is 0 Å². The van der Waals surface area contributed by atoms with E-state index in [4.69, 9.17) is 4.74 Å². The van der Waals surface area contributed by atoms with Crippen LogP contribution in [0.15, 0.2) is 24.3 Å². The number of rotatable bonds is 8. The summed E-state index contributed by atoms with van der Waals surface area (Å²) in [6, 6.07) is 6.65. The minimum Gasteiger partial charge on any atom is -0.445 e. The lowest BCUT2D eigenvalue weighted by atomic mass is 10.0. The van der Waals surface area contributed by atoms with E-state index in [1.54, 1.807) is 38.4 Å². The molecule has 1 rings (SSSR count). The molecular formula is C21H34N4O4. The quantitative estimate of drug-likeness (QED) is 0.615. The topological polar surface area (TPSA) is 99.8 Å². The Kier molecular flexibility index (Phi) is 9.10. The third kappa shape index (κ3) is 8.11. The number of nitrogens with zero attached hydrogens (tertiary/aromatic N) is 1. The van der Waals surface area contributed by atoms with Crippen molar-refractivity contribution in [3.63, 3.8) is 0 Å². The van der Waals surface area contributed by atoms with Gasteiger partial charge >= 0.3 is 6.09 Å². The molecule has 8 heteroatoms. The third-order valence-electron chi connectivity index (χ3n) is 4.56. The second kappa shape index (κ2) is 10.8. The summed E-state index contributed by atoms with van der Waals surface area (Å²) in [6.45, 7) is 9.68. The first-order valence-electron chi connectivity index (χ1n) is 9.70. The number of anilines is 1. The number of nitrogens with one attached hydrogen (secondary N) is 3. The van der Waals surface area contributed by atoms with Crippen LogP contribution < -0.4 is 16.0 Å². The number of carbonyl (C=O) groups excluding carboxylic acids is 3. The monoisotopic (exact) mass is 406 g/mol. The highest BCUT2D eigenvalue weighted by molar-refractivity contribution is 5.95. The maximum Gasteiger partial charge on any atom is 0.410 e. The van der Waals surface area contributed by atoms with Gasteiger partial charge in [-0.1, -0.05) is 26.0 Å². The fourth-order valence-electron chi connectivity index (χ4n) is 2.45. The van der Waals surface area contributed by atoms with Crippen LogP contribution in [0, 0.1) is 5.92 Å². The highest BCUT2D eigenvalue weighted by atomic mass is 16.6. The van der Waals surface area contributed by atoms with Crippen molar-refractivity contribution in [2.45, 2.75) is 52.8 Å². The van der Waals surface area contributed by atoms with Crippen LogP contribution in [-0.2, 0) is 20.9 Å². The van der Waals surface area contributed by atoms with E-state index in [1.165, 1.54) is 4.90 Å². The number of likely N-dealkylation sites (N-methyl/N-ethyl adjacent to an activating group) is 1. The number of ether oxygens (including phenoxy) is 1. The second-order valence-electron chi connectivity index (χ2n) is 8.26. The van der Waals surface area contributed by atoms with Gasteiger partial charge < -0.3 is 25.6 Å². The summed E-state index contributed by atoms with van der Waals surface area (Å²) in [5, 5.41) is 8.28. The zero-order valence-corrected chi connectivity index (χ0v) is 18.5. The summed E-state index contributed by atoms with van der Waals surface area (Å²) in [4.78, 5) is 37.7. The average molecular weight is 407 g/mol. The summed E-state index contributed by atoms with van der Waals surface area (Å²) >= 11 is 0. The van der Waals surface area contributed by atoms with Crippen LogP contribution in [0.5, 0.6) is 0 Å². The van der Waals surface area contributed by atoms with Crippen LogP contribution in [0.1, 0.15) is 40.2 Å². The van der Waals surface area contributed by atoms with E-state index < -0.39 is 6.09 Å². The summed E-state index contributed by atoms with van der Waals surface area (Å²) in [5.41, 5.74) is 1.09. The van der Waals surface area contributed by atoms with Crippen molar-refractivity contribution in [3.05, 3.63) is 29.8 Å². The van der Waals surface area contributed by atoms with E-state index in [1.807, 2.05) is 34.6 Å². The number of hydrogen-bond acceptors (Lipinski definition) is 5. The lowest BCUT2D eigenvalue weighted by molar-refractivity contribution is -0.126. The maximum atomic E-state index is 12.1. The molecule has 0 heterocycles. The molecule has 0 aliphatic carbocycles. The van der Waals surface area contributed by atoms with Gasteiger partial charge in [0, 0.05) is 18.3 Å². The van der Waals surface area contributed by atoms with E-state index in [0.29, 0.717) is 5.69 Å². The van der Waals surface area contributed by atoms with Gasteiger partial charge in [0.15, 0.2) is 0 Å². The largest absolute Gasteiger partial charge is 0.445 e. The van der Waals surface area contributed by atoms with Crippen molar-refractivity contribution in [3.8, 4) is 0 Å².